The van der Waals surface area contributed by atoms with Crippen LogP contribution in [0.4, 0.5) is 4.39 Å². The molecule has 7 nitrogen and oxygen atoms in total. The van der Waals surface area contributed by atoms with Crippen LogP contribution in [-0.4, -0.2) is 24.9 Å². The molecule has 0 unspecified atom stereocenters. The van der Waals surface area contributed by atoms with Gasteiger partial charge in [0, 0.05) is 5.56 Å². The molecule has 0 fully saturated rings. The molecule has 0 spiro atoms. The zero-order valence-corrected chi connectivity index (χ0v) is 15.6. The molecule has 4 rings (SSSR count). The van der Waals surface area contributed by atoms with E-state index < -0.39 is 17.8 Å². The molecule has 0 bridgehead atoms. The number of hydrogen-bond donors (Lipinski definition) is 0. The van der Waals surface area contributed by atoms with Crippen molar-refractivity contribution in [1.29, 1.82) is 0 Å². The number of carbonyl (C=O) groups excluding carboxylic acids is 2. The summed E-state index contributed by atoms with van der Waals surface area (Å²) in [6.45, 7) is 0. The summed E-state index contributed by atoms with van der Waals surface area (Å²) in [7, 11) is 1.42. The second kappa shape index (κ2) is 8.04. The Labute approximate surface area is 170 Å². The van der Waals surface area contributed by atoms with Crippen LogP contribution in [0.15, 0.2) is 76.0 Å². The van der Waals surface area contributed by atoms with Crippen LogP contribution in [-0.2, 0) is 9.53 Å². The number of carbonyl (C=O) groups is 2. The van der Waals surface area contributed by atoms with Crippen LogP contribution >= 0.6 is 0 Å². The van der Waals surface area contributed by atoms with Gasteiger partial charge in [0.1, 0.15) is 5.82 Å². The predicted octanol–water partition coefficient (Wildman–Crippen LogP) is 3.99. The van der Waals surface area contributed by atoms with Crippen molar-refractivity contribution in [1.82, 2.24) is 0 Å². The topological polar surface area (TPSA) is 87.3 Å². The van der Waals surface area contributed by atoms with Gasteiger partial charge in [-0.05, 0) is 60.2 Å². The van der Waals surface area contributed by atoms with E-state index in [0.717, 1.165) is 0 Å². The molecular weight excluding hydrogens is 393 g/mol. The Bertz CT molecular complexity index is 1160. The summed E-state index contributed by atoms with van der Waals surface area (Å²) >= 11 is 0. The normalized spacial score (nSPS) is 14.4. The first kappa shape index (κ1) is 19.1. The molecule has 0 saturated carbocycles. The van der Waals surface area contributed by atoms with Crippen LogP contribution in [0.25, 0.3) is 6.08 Å². The van der Waals surface area contributed by atoms with Gasteiger partial charge in [0.05, 0.1) is 13.4 Å². The Morgan fingerprint density at radius 3 is 2.60 bits per heavy atom. The number of nitrogens with zero attached hydrogens (tertiary/aromatic N) is 1. The lowest BCUT2D eigenvalue weighted by Crippen LogP contribution is -2.08. The molecule has 2 heterocycles. The molecule has 3 aromatic rings. The van der Waals surface area contributed by atoms with Crippen LogP contribution in [0.3, 0.4) is 0 Å². The van der Waals surface area contributed by atoms with E-state index >= 15 is 0 Å². The van der Waals surface area contributed by atoms with E-state index in [1.807, 2.05) is 0 Å². The van der Waals surface area contributed by atoms with Gasteiger partial charge in [-0.1, -0.05) is 6.07 Å². The Kier molecular flexibility index (Phi) is 5.13. The smallest absolute Gasteiger partial charge is 0.379 e. The lowest BCUT2D eigenvalue weighted by molar-refractivity contribution is -0.129. The number of rotatable bonds is 5. The Morgan fingerprint density at radius 1 is 1.10 bits per heavy atom. The average molecular weight is 407 g/mol. The first-order valence-corrected chi connectivity index (χ1v) is 8.76. The van der Waals surface area contributed by atoms with E-state index in [1.54, 1.807) is 18.2 Å². The summed E-state index contributed by atoms with van der Waals surface area (Å²) < 4.78 is 33.8. The number of methoxy groups -OCH3 is 1. The van der Waals surface area contributed by atoms with Gasteiger partial charge in [-0.25, -0.2) is 19.0 Å². The second-order valence-electron chi connectivity index (χ2n) is 6.12. The molecule has 150 valence electrons. The minimum Gasteiger partial charge on any atom is -0.493 e. The van der Waals surface area contributed by atoms with Crippen LogP contribution < -0.4 is 9.47 Å². The summed E-state index contributed by atoms with van der Waals surface area (Å²) in [6.07, 6.45) is 2.87. The van der Waals surface area contributed by atoms with E-state index in [4.69, 9.17) is 18.6 Å². The zero-order chi connectivity index (χ0) is 21.1. The predicted molar refractivity (Wildman–Crippen MR) is 104 cm³/mol. The third-order valence-corrected chi connectivity index (χ3v) is 4.13. The fraction of sp³-hybridized carbons (Fsp3) is 0.0455. The second-order valence-corrected chi connectivity index (χ2v) is 6.12. The van der Waals surface area contributed by atoms with Crippen molar-refractivity contribution in [2.45, 2.75) is 0 Å². The number of halogens is 1. The van der Waals surface area contributed by atoms with Gasteiger partial charge in [-0.3, -0.25) is 0 Å². The van der Waals surface area contributed by atoms with Crippen molar-refractivity contribution in [3.05, 3.63) is 89.3 Å². The molecule has 2 aromatic carbocycles. The maximum absolute atomic E-state index is 13.1. The van der Waals surface area contributed by atoms with Crippen molar-refractivity contribution in [3.8, 4) is 11.5 Å². The van der Waals surface area contributed by atoms with Gasteiger partial charge in [-0.15, -0.1) is 0 Å². The SMILES string of the molecule is COc1cc(/C=C2\N=C(c3ccc(F)cc3)OC2=O)ccc1OC(=O)c1ccco1. The van der Waals surface area contributed by atoms with Gasteiger partial charge in [0.2, 0.25) is 11.7 Å². The Hall–Kier alpha value is -4.20. The van der Waals surface area contributed by atoms with E-state index in [-0.39, 0.29) is 28.9 Å². The fourth-order valence-corrected chi connectivity index (χ4v) is 2.69. The van der Waals surface area contributed by atoms with Crippen LogP contribution in [0, 0.1) is 5.82 Å². The maximum atomic E-state index is 13.1. The highest BCUT2D eigenvalue weighted by molar-refractivity contribution is 6.12. The standard InChI is InChI=1S/C22H14FNO6/c1-27-19-12-13(4-9-17(19)29-22(26)18-3-2-10-28-18)11-16-21(25)30-20(24-16)14-5-7-15(23)8-6-14/h2-12H,1H3/b16-11-. The summed E-state index contributed by atoms with van der Waals surface area (Å²) in [5.41, 5.74) is 1.11. The van der Waals surface area contributed by atoms with E-state index in [9.17, 15) is 14.0 Å². The minimum atomic E-state index is -0.669. The van der Waals surface area contributed by atoms with Gasteiger partial charge in [0.25, 0.3) is 0 Å². The molecule has 0 aliphatic carbocycles. The number of esters is 2. The highest BCUT2D eigenvalue weighted by Crippen LogP contribution is 2.30. The van der Waals surface area contributed by atoms with E-state index in [0.29, 0.717) is 11.1 Å². The highest BCUT2D eigenvalue weighted by atomic mass is 19.1. The number of aliphatic imine (C=N–C) groups is 1. The van der Waals surface area contributed by atoms with Gasteiger partial charge >= 0.3 is 11.9 Å². The molecule has 8 heteroatoms. The number of hydrogen-bond acceptors (Lipinski definition) is 7. The summed E-state index contributed by atoms with van der Waals surface area (Å²) in [6, 6.07) is 13.2. The summed E-state index contributed by atoms with van der Waals surface area (Å²) in [4.78, 5) is 28.4. The molecule has 0 saturated heterocycles. The lowest BCUT2D eigenvalue weighted by atomic mass is 10.1. The first-order chi connectivity index (χ1) is 14.5. The molecule has 0 N–H and O–H groups in total. The Balaban J connectivity index is 1.58. The quantitative estimate of drug-likeness (QED) is 0.361. The van der Waals surface area contributed by atoms with E-state index in [2.05, 4.69) is 4.99 Å². The molecule has 1 aliphatic rings. The molecule has 0 radical (unpaired) electrons. The molecular formula is C22H14FNO6. The van der Waals surface area contributed by atoms with Crippen molar-refractivity contribution >= 4 is 23.9 Å². The maximum Gasteiger partial charge on any atom is 0.379 e. The molecule has 1 aliphatic heterocycles. The number of ether oxygens (including phenoxy) is 3. The van der Waals surface area contributed by atoms with Crippen molar-refractivity contribution in [2.24, 2.45) is 4.99 Å². The third kappa shape index (κ3) is 3.97. The third-order valence-electron chi connectivity index (χ3n) is 4.13. The number of cyclic esters (lactones) is 1. The summed E-state index contributed by atoms with van der Waals surface area (Å²) in [5.74, 6) is -1.11. The van der Waals surface area contributed by atoms with Crippen molar-refractivity contribution in [2.75, 3.05) is 7.11 Å². The monoisotopic (exact) mass is 407 g/mol. The van der Waals surface area contributed by atoms with E-state index in [1.165, 1.54) is 55.8 Å². The van der Waals surface area contributed by atoms with Crippen LogP contribution in [0.1, 0.15) is 21.7 Å². The minimum absolute atomic E-state index is 0.0552. The summed E-state index contributed by atoms with van der Waals surface area (Å²) in [5, 5.41) is 0. The van der Waals surface area contributed by atoms with Gasteiger partial charge in [-0.2, -0.15) is 0 Å². The Morgan fingerprint density at radius 2 is 1.90 bits per heavy atom. The molecule has 30 heavy (non-hydrogen) atoms. The number of benzene rings is 2. The largest absolute Gasteiger partial charge is 0.493 e. The molecule has 0 amide bonds. The fourth-order valence-electron chi connectivity index (χ4n) is 2.69. The first-order valence-electron chi connectivity index (χ1n) is 8.76. The van der Waals surface area contributed by atoms with Gasteiger partial charge < -0.3 is 18.6 Å². The number of furan rings is 1. The van der Waals surface area contributed by atoms with Gasteiger partial charge in [0.15, 0.2) is 17.2 Å². The molecule has 1 aromatic heterocycles. The van der Waals surface area contributed by atoms with Crippen LogP contribution in [0.5, 0.6) is 11.5 Å². The highest BCUT2D eigenvalue weighted by Gasteiger charge is 2.24. The lowest BCUT2D eigenvalue weighted by Gasteiger charge is -2.09. The van der Waals surface area contributed by atoms with Crippen molar-refractivity contribution in [3.63, 3.8) is 0 Å². The average Bonchev–Trinajstić information content (AvgIpc) is 3.40. The van der Waals surface area contributed by atoms with Crippen molar-refractivity contribution < 1.29 is 32.6 Å². The van der Waals surface area contributed by atoms with Crippen LogP contribution in [0.2, 0.25) is 0 Å². The molecule has 0 atom stereocenters. The zero-order valence-electron chi connectivity index (χ0n) is 15.6.